The first kappa shape index (κ1) is 22.1. The number of hydrogen-bond acceptors (Lipinski definition) is 7. The Morgan fingerprint density at radius 3 is 2.30 bits per heavy atom. The zero-order valence-corrected chi connectivity index (χ0v) is 18.0. The number of methoxy groups -OCH3 is 2. The fourth-order valence-corrected chi connectivity index (χ4v) is 4.79. The SMILES string of the molecule is COC(=O)c1ccc(OC(=O)c2cc(S(=O)(=O)N3CCCC3)ccc2Cl)c(OC)c1. The van der Waals surface area contributed by atoms with E-state index in [0.29, 0.717) is 13.1 Å². The highest BCUT2D eigenvalue weighted by molar-refractivity contribution is 7.89. The lowest BCUT2D eigenvalue weighted by molar-refractivity contribution is 0.0600. The Hall–Kier alpha value is -2.62. The van der Waals surface area contributed by atoms with Crippen molar-refractivity contribution >= 4 is 33.6 Å². The average molecular weight is 454 g/mol. The Bertz CT molecular complexity index is 1080. The summed E-state index contributed by atoms with van der Waals surface area (Å²) in [5.41, 5.74) is 0.113. The second-order valence-electron chi connectivity index (χ2n) is 6.50. The zero-order valence-electron chi connectivity index (χ0n) is 16.4. The van der Waals surface area contributed by atoms with Crippen molar-refractivity contribution in [3.8, 4) is 11.5 Å². The molecule has 8 nitrogen and oxygen atoms in total. The van der Waals surface area contributed by atoms with Gasteiger partial charge in [0.05, 0.1) is 35.3 Å². The molecule has 0 saturated carbocycles. The number of ether oxygens (including phenoxy) is 3. The van der Waals surface area contributed by atoms with E-state index in [1.807, 2.05) is 0 Å². The van der Waals surface area contributed by atoms with Gasteiger partial charge in [0, 0.05) is 13.1 Å². The van der Waals surface area contributed by atoms with E-state index < -0.39 is 22.0 Å². The minimum atomic E-state index is -3.72. The summed E-state index contributed by atoms with van der Waals surface area (Å²) in [6.45, 7) is 0.878. The second-order valence-corrected chi connectivity index (χ2v) is 8.84. The van der Waals surface area contributed by atoms with Crippen molar-refractivity contribution in [1.29, 1.82) is 0 Å². The van der Waals surface area contributed by atoms with Gasteiger partial charge in [-0.2, -0.15) is 4.31 Å². The van der Waals surface area contributed by atoms with E-state index in [0.717, 1.165) is 12.8 Å². The molecule has 1 fully saturated rings. The van der Waals surface area contributed by atoms with Gasteiger partial charge in [-0.3, -0.25) is 0 Å². The number of sulfonamides is 1. The Morgan fingerprint density at radius 1 is 0.967 bits per heavy atom. The van der Waals surface area contributed by atoms with Crippen LogP contribution >= 0.6 is 11.6 Å². The minimum Gasteiger partial charge on any atom is -0.493 e. The van der Waals surface area contributed by atoms with E-state index in [9.17, 15) is 18.0 Å². The number of hydrogen-bond donors (Lipinski definition) is 0. The van der Waals surface area contributed by atoms with Gasteiger partial charge in [-0.15, -0.1) is 0 Å². The Morgan fingerprint density at radius 2 is 1.67 bits per heavy atom. The molecular formula is C20H20ClNO7S. The van der Waals surface area contributed by atoms with Crippen LogP contribution in [0.15, 0.2) is 41.3 Å². The molecule has 30 heavy (non-hydrogen) atoms. The van der Waals surface area contributed by atoms with Crippen molar-refractivity contribution < 1.29 is 32.2 Å². The molecule has 0 bridgehead atoms. The number of halogens is 1. The third kappa shape index (κ3) is 4.43. The molecule has 1 aliphatic rings. The van der Waals surface area contributed by atoms with Gasteiger partial charge in [0.25, 0.3) is 0 Å². The van der Waals surface area contributed by atoms with Gasteiger partial charge >= 0.3 is 11.9 Å². The maximum absolute atomic E-state index is 12.8. The fraction of sp³-hybridized carbons (Fsp3) is 0.300. The summed E-state index contributed by atoms with van der Waals surface area (Å²) in [6.07, 6.45) is 1.59. The van der Waals surface area contributed by atoms with E-state index in [-0.39, 0.29) is 32.5 Å². The van der Waals surface area contributed by atoms with Crippen LogP contribution in [0, 0.1) is 0 Å². The van der Waals surface area contributed by atoms with Gasteiger partial charge < -0.3 is 14.2 Å². The molecule has 1 saturated heterocycles. The third-order valence-corrected chi connectivity index (χ3v) is 6.87. The van der Waals surface area contributed by atoms with Crippen LogP contribution in [-0.4, -0.2) is 52.0 Å². The molecule has 3 rings (SSSR count). The molecule has 0 amide bonds. The first-order valence-electron chi connectivity index (χ1n) is 9.06. The van der Waals surface area contributed by atoms with Crippen LogP contribution in [0.2, 0.25) is 5.02 Å². The monoisotopic (exact) mass is 453 g/mol. The summed E-state index contributed by atoms with van der Waals surface area (Å²) in [5.74, 6) is -1.26. The Kier molecular flexibility index (Phi) is 6.64. The summed E-state index contributed by atoms with van der Waals surface area (Å²) in [5, 5.41) is 0.0468. The van der Waals surface area contributed by atoms with Crippen LogP contribution in [0.3, 0.4) is 0 Å². The fourth-order valence-electron chi connectivity index (χ4n) is 3.05. The number of carbonyl (C=O) groups is 2. The van der Waals surface area contributed by atoms with Crippen molar-refractivity contribution in [3.63, 3.8) is 0 Å². The standard InChI is InChI=1S/C20H20ClNO7S/c1-27-18-11-13(19(23)28-2)5-8-17(18)29-20(24)15-12-14(6-7-16(15)21)30(25,26)22-9-3-4-10-22/h5-8,11-12H,3-4,9-10H2,1-2H3. The number of benzene rings is 2. The van der Waals surface area contributed by atoms with Crippen molar-refractivity contribution in [2.45, 2.75) is 17.7 Å². The summed E-state index contributed by atoms with van der Waals surface area (Å²) in [4.78, 5) is 24.3. The lowest BCUT2D eigenvalue weighted by atomic mass is 10.2. The molecule has 1 heterocycles. The van der Waals surface area contributed by atoms with Crippen molar-refractivity contribution in [3.05, 3.63) is 52.5 Å². The number of esters is 2. The summed E-state index contributed by atoms with van der Waals surface area (Å²) in [7, 11) is -1.13. The first-order chi connectivity index (χ1) is 14.3. The smallest absolute Gasteiger partial charge is 0.345 e. The highest BCUT2D eigenvalue weighted by Gasteiger charge is 2.29. The molecule has 1 aliphatic heterocycles. The molecule has 160 valence electrons. The molecule has 2 aromatic carbocycles. The number of nitrogens with zero attached hydrogens (tertiary/aromatic N) is 1. The molecule has 0 N–H and O–H groups in total. The van der Waals surface area contributed by atoms with E-state index in [2.05, 4.69) is 4.74 Å². The lowest BCUT2D eigenvalue weighted by Crippen LogP contribution is -2.28. The van der Waals surface area contributed by atoms with Crippen molar-refractivity contribution in [2.24, 2.45) is 0 Å². The van der Waals surface area contributed by atoms with Gasteiger partial charge in [0.1, 0.15) is 0 Å². The molecule has 0 unspecified atom stereocenters. The highest BCUT2D eigenvalue weighted by atomic mass is 35.5. The Balaban J connectivity index is 1.90. The first-order valence-corrected chi connectivity index (χ1v) is 10.9. The maximum atomic E-state index is 12.8. The summed E-state index contributed by atoms with van der Waals surface area (Å²) in [6, 6.07) is 8.06. The molecule has 0 spiro atoms. The molecule has 0 aromatic heterocycles. The molecule has 0 aliphatic carbocycles. The van der Waals surface area contributed by atoms with Crippen LogP contribution < -0.4 is 9.47 Å². The van der Waals surface area contributed by atoms with E-state index in [1.165, 1.54) is 54.9 Å². The molecule has 0 atom stereocenters. The summed E-state index contributed by atoms with van der Waals surface area (Å²) >= 11 is 6.12. The van der Waals surface area contributed by atoms with Crippen LogP contribution in [-0.2, 0) is 14.8 Å². The molecule has 0 radical (unpaired) electrons. The lowest BCUT2D eigenvalue weighted by Gasteiger charge is -2.16. The molecule has 2 aromatic rings. The van der Waals surface area contributed by atoms with Crippen LogP contribution in [0.1, 0.15) is 33.6 Å². The predicted octanol–water partition coefficient (Wildman–Crippen LogP) is 3.14. The topological polar surface area (TPSA) is 99.2 Å². The van der Waals surface area contributed by atoms with E-state index in [4.69, 9.17) is 21.1 Å². The van der Waals surface area contributed by atoms with Gasteiger partial charge in [-0.25, -0.2) is 18.0 Å². The quantitative estimate of drug-likeness (QED) is 0.489. The zero-order chi connectivity index (χ0) is 21.9. The van der Waals surface area contributed by atoms with Crippen molar-refractivity contribution in [2.75, 3.05) is 27.3 Å². The third-order valence-electron chi connectivity index (χ3n) is 4.65. The number of rotatable bonds is 6. The van der Waals surface area contributed by atoms with Crippen LogP contribution in [0.5, 0.6) is 11.5 Å². The highest BCUT2D eigenvalue weighted by Crippen LogP contribution is 2.31. The molecular weight excluding hydrogens is 434 g/mol. The second kappa shape index (κ2) is 9.03. The van der Waals surface area contributed by atoms with Gasteiger partial charge in [0.15, 0.2) is 11.5 Å². The maximum Gasteiger partial charge on any atom is 0.345 e. The van der Waals surface area contributed by atoms with Gasteiger partial charge in [-0.1, -0.05) is 11.6 Å². The minimum absolute atomic E-state index is 0.0336. The van der Waals surface area contributed by atoms with E-state index in [1.54, 1.807) is 0 Å². The van der Waals surface area contributed by atoms with Gasteiger partial charge in [0.2, 0.25) is 10.0 Å². The number of carbonyl (C=O) groups excluding carboxylic acids is 2. The van der Waals surface area contributed by atoms with Gasteiger partial charge in [-0.05, 0) is 49.2 Å². The average Bonchev–Trinajstić information content (AvgIpc) is 3.29. The Labute approximate surface area is 179 Å². The molecule has 10 heteroatoms. The normalized spacial score (nSPS) is 14.4. The van der Waals surface area contributed by atoms with Crippen LogP contribution in [0.25, 0.3) is 0 Å². The van der Waals surface area contributed by atoms with E-state index >= 15 is 0 Å². The van der Waals surface area contributed by atoms with Crippen LogP contribution in [0.4, 0.5) is 0 Å². The predicted molar refractivity (Wildman–Crippen MR) is 109 cm³/mol. The largest absolute Gasteiger partial charge is 0.493 e. The summed E-state index contributed by atoms with van der Waals surface area (Å²) < 4.78 is 42.1. The van der Waals surface area contributed by atoms with Crippen molar-refractivity contribution in [1.82, 2.24) is 4.31 Å².